The van der Waals surface area contributed by atoms with Gasteiger partial charge in [-0.3, -0.25) is 9.69 Å². The number of amides is 1. The molecule has 2 aromatic carbocycles. The van der Waals surface area contributed by atoms with Gasteiger partial charge in [0.1, 0.15) is 22.4 Å². The monoisotopic (exact) mass is 546 g/mol. The smallest absolute Gasteiger partial charge is 0.289 e. The summed E-state index contributed by atoms with van der Waals surface area (Å²) in [6.45, 7) is 3.70. The molecule has 1 amide bonds. The normalized spacial score (nSPS) is 14.5. The fraction of sp³-hybridized carbons (Fsp3) is 0.261. The first-order valence-electron chi connectivity index (χ1n) is 10.1. The second-order valence-electron chi connectivity index (χ2n) is 7.51. The lowest BCUT2D eigenvalue weighted by atomic mass is 10.2. The molecule has 0 bridgehead atoms. The lowest BCUT2D eigenvalue weighted by molar-refractivity contribution is 0.0594. The van der Waals surface area contributed by atoms with Crippen LogP contribution in [0.5, 0.6) is 5.75 Å². The SMILES string of the molecule is O=C(c1ccc(COc2c(Cl)c(Cl)c(Cl)c(Cl)c2Cl)o1)N1CCN(Cc2ccccc2)CC1. The van der Waals surface area contributed by atoms with Crippen LogP contribution in [-0.2, 0) is 13.2 Å². The molecule has 1 fully saturated rings. The number of ether oxygens (including phenoxy) is 1. The van der Waals surface area contributed by atoms with Gasteiger partial charge in [-0.05, 0) is 17.7 Å². The van der Waals surface area contributed by atoms with Crippen LogP contribution in [0.2, 0.25) is 25.1 Å². The van der Waals surface area contributed by atoms with Crippen molar-refractivity contribution < 1.29 is 13.9 Å². The molecule has 1 aromatic heterocycles. The Bertz CT molecular complexity index is 1120. The lowest BCUT2D eigenvalue weighted by Gasteiger charge is -2.34. The zero-order valence-electron chi connectivity index (χ0n) is 17.3. The Labute approximate surface area is 216 Å². The van der Waals surface area contributed by atoms with Crippen molar-refractivity contribution >= 4 is 63.9 Å². The second-order valence-corrected chi connectivity index (χ2v) is 9.40. The van der Waals surface area contributed by atoms with Crippen LogP contribution in [0.4, 0.5) is 0 Å². The van der Waals surface area contributed by atoms with Crippen molar-refractivity contribution in [3.63, 3.8) is 0 Å². The number of halogens is 5. The molecule has 0 saturated carbocycles. The number of benzene rings is 2. The Hall–Kier alpha value is -1.60. The number of hydrogen-bond donors (Lipinski definition) is 0. The summed E-state index contributed by atoms with van der Waals surface area (Å²) in [4.78, 5) is 17.0. The third kappa shape index (κ3) is 5.56. The van der Waals surface area contributed by atoms with Crippen LogP contribution < -0.4 is 4.74 Å². The molecule has 10 heteroatoms. The van der Waals surface area contributed by atoms with Crippen LogP contribution in [0.15, 0.2) is 46.9 Å². The molecule has 4 rings (SSSR count). The van der Waals surface area contributed by atoms with Crippen LogP contribution in [0, 0.1) is 0 Å². The van der Waals surface area contributed by atoms with Gasteiger partial charge in [-0.1, -0.05) is 88.3 Å². The Balaban J connectivity index is 1.34. The fourth-order valence-electron chi connectivity index (χ4n) is 3.53. The van der Waals surface area contributed by atoms with Gasteiger partial charge in [0, 0.05) is 32.7 Å². The van der Waals surface area contributed by atoms with Gasteiger partial charge in [0.2, 0.25) is 0 Å². The molecule has 1 aliphatic rings. The Kier molecular flexibility index (Phi) is 8.00. The van der Waals surface area contributed by atoms with E-state index in [0.29, 0.717) is 18.8 Å². The third-order valence-corrected chi connectivity index (χ3v) is 7.55. The third-order valence-electron chi connectivity index (χ3n) is 5.31. The molecular formula is C23H19Cl5N2O3. The van der Waals surface area contributed by atoms with Crippen molar-refractivity contribution in [2.75, 3.05) is 26.2 Å². The van der Waals surface area contributed by atoms with Crippen molar-refractivity contribution in [3.8, 4) is 5.75 Å². The highest BCUT2D eigenvalue weighted by molar-refractivity contribution is 6.55. The van der Waals surface area contributed by atoms with Crippen molar-refractivity contribution in [1.29, 1.82) is 0 Å². The van der Waals surface area contributed by atoms with E-state index >= 15 is 0 Å². The van der Waals surface area contributed by atoms with E-state index in [2.05, 4.69) is 17.0 Å². The maximum Gasteiger partial charge on any atom is 0.289 e. The molecular weight excluding hydrogens is 530 g/mol. The molecule has 174 valence electrons. The molecule has 0 N–H and O–H groups in total. The topological polar surface area (TPSA) is 45.9 Å². The van der Waals surface area contributed by atoms with E-state index in [1.165, 1.54) is 5.56 Å². The van der Waals surface area contributed by atoms with Crippen molar-refractivity contribution in [3.05, 3.63) is 84.7 Å². The molecule has 0 spiro atoms. The molecule has 0 atom stereocenters. The van der Waals surface area contributed by atoms with Gasteiger partial charge in [0.25, 0.3) is 5.91 Å². The summed E-state index contributed by atoms with van der Waals surface area (Å²) in [5, 5.41) is 0.240. The molecule has 0 aliphatic carbocycles. The number of carbonyl (C=O) groups is 1. The predicted molar refractivity (Wildman–Crippen MR) is 132 cm³/mol. The summed E-state index contributed by atoms with van der Waals surface area (Å²) in [6.07, 6.45) is 0. The second kappa shape index (κ2) is 10.8. The van der Waals surface area contributed by atoms with E-state index in [1.807, 2.05) is 18.2 Å². The van der Waals surface area contributed by atoms with Gasteiger partial charge >= 0.3 is 0 Å². The van der Waals surface area contributed by atoms with Crippen LogP contribution >= 0.6 is 58.0 Å². The van der Waals surface area contributed by atoms with E-state index in [-0.39, 0.29) is 49.1 Å². The quantitative estimate of drug-likeness (QED) is 0.244. The summed E-state index contributed by atoms with van der Waals surface area (Å²) in [7, 11) is 0. The van der Waals surface area contributed by atoms with Gasteiger partial charge in [-0.15, -0.1) is 0 Å². The van der Waals surface area contributed by atoms with Gasteiger partial charge in [-0.2, -0.15) is 0 Å². The Morgan fingerprint density at radius 3 is 2.06 bits per heavy atom. The van der Waals surface area contributed by atoms with Gasteiger partial charge < -0.3 is 14.1 Å². The Morgan fingerprint density at radius 1 is 0.818 bits per heavy atom. The zero-order valence-corrected chi connectivity index (χ0v) is 21.1. The lowest BCUT2D eigenvalue weighted by Crippen LogP contribution is -2.48. The molecule has 33 heavy (non-hydrogen) atoms. The van der Waals surface area contributed by atoms with Gasteiger partial charge in [0.05, 0.1) is 15.1 Å². The number of nitrogens with zero attached hydrogens (tertiary/aromatic N) is 2. The maximum absolute atomic E-state index is 12.9. The van der Waals surface area contributed by atoms with Crippen molar-refractivity contribution in [2.45, 2.75) is 13.2 Å². The summed E-state index contributed by atoms with van der Waals surface area (Å²) in [6, 6.07) is 13.6. The van der Waals surface area contributed by atoms with Gasteiger partial charge in [0.15, 0.2) is 11.5 Å². The summed E-state index contributed by atoms with van der Waals surface area (Å²) < 4.78 is 11.4. The van der Waals surface area contributed by atoms with E-state index in [9.17, 15) is 4.79 Å². The molecule has 2 heterocycles. The first-order valence-corrected chi connectivity index (χ1v) is 12.0. The number of rotatable bonds is 6. The van der Waals surface area contributed by atoms with Crippen molar-refractivity contribution in [2.24, 2.45) is 0 Å². The van der Waals surface area contributed by atoms with E-state index in [4.69, 9.17) is 67.2 Å². The largest absolute Gasteiger partial charge is 0.482 e. The Morgan fingerprint density at radius 2 is 1.42 bits per heavy atom. The first kappa shape index (κ1) is 24.5. The summed E-state index contributed by atoms with van der Waals surface area (Å²) in [5.41, 5.74) is 1.26. The summed E-state index contributed by atoms with van der Waals surface area (Å²) in [5.74, 6) is 0.607. The molecule has 5 nitrogen and oxygen atoms in total. The maximum atomic E-state index is 12.9. The van der Waals surface area contributed by atoms with Crippen LogP contribution in [-0.4, -0.2) is 41.9 Å². The van der Waals surface area contributed by atoms with E-state index in [0.717, 1.165) is 19.6 Å². The standard InChI is InChI=1S/C23H19Cl5N2O3/c24-17-18(25)20(27)22(21(28)19(17)26)32-13-15-6-7-16(33-15)23(31)30-10-8-29(9-11-30)12-14-4-2-1-3-5-14/h1-7H,8-13H2. The summed E-state index contributed by atoms with van der Waals surface area (Å²) >= 11 is 30.5. The number of furan rings is 1. The van der Waals surface area contributed by atoms with Crippen LogP contribution in [0.25, 0.3) is 0 Å². The number of hydrogen-bond acceptors (Lipinski definition) is 4. The highest BCUT2D eigenvalue weighted by Crippen LogP contribution is 2.48. The molecule has 3 aromatic rings. The number of piperazine rings is 1. The van der Waals surface area contributed by atoms with E-state index < -0.39 is 0 Å². The predicted octanol–water partition coefficient (Wildman–Crippen LogP) is 7.08. The average molecular weight is 549 g/mol. The minimum absolute atomic E-state index is 0.0220. The molecule has 0 unspecified atom stereocenters. The molecule has 0 radical (unpaired) electrons. The van der Waals surface area contributed by atoms with Crippen LogP contribution in [0.3, 0.4) is 0 Å². The number of carbonyl (C=O) groups excluding carboxylic acids is 1. The average Bonchev–Trinajstić information content (AvgIpc) is 3.31. The van der Waals surface area contributed by atoms with Gasteiger partial charge in [-0.25, -0.2) is 0 Å². The zero-order chi connectivity index (χ0) is 23.5. The van der Waals surface area contributed by atoms with Crippen LogP contribution in [0.1, 0.15) is 21.9 Å². The molecule has 1 saturated heterocycles. The first-order chi connectivity index (χ1) is 15.8. The highest BCUT2D eigenvalue weighted by Gasteiger charge is 2.25. The highest BCUT2D eigenvalue weighted by atomic mass is 35.5. The minimum atomic E-state index is -0.158. The minimum Gasteiger partial charge on any atom is -0.482 e. The van der Waals surface area contributed by atoms with E-state index in [1.54, 1.807) is 17.0 Å². The molecule has 1 aliphatic heterocycles. The van der Waals surface area contributed by atoms with Crippen molar-refractivity contribution in [1.82, 2.24) is 9.80 Å². The fourth-order valence-corrected chi connectivity index (χ4v) is 4.76.